The van der Waals surface area contributed by atoms with Gasteiger partial charge in [-0.1, -0.05) is 18.2 Å². The van der Waals surface area contributed by atoms with E-state index in [1.807, 2.05) is 49.6 Å². The van der Waals surface area contributed by atoms with Crippen molar-refractivity contribution < 1.29 is 27.1 Å². The predicted molar refractivity (Wildman–Crippen MR) is 114 cm³/mol. The number of carbonyl (C=O) groups excluding carboxylic acids is 2. The van der Waals surface area contributed by atoms with Crippen LogP contribution in [0.5, 0.6) is 0 Å². The average molecular weight is 432 g/mol. The molecule has 0 bridgehead atoms. The van der Waals surface area contributed by atoms with Gasteiger partial charge in [-0.15, -0.1) is 0 Å². The van der Waals surface area contributed by atoms with Gasteiger partial charge >= 0.3 is 0 Å². The van der Waals surface area contributed by atoms with Gasteiger partial charge in [0.15, 0.2) is 5.71 Å². The minimum atomic E-state index is -3.99. The van der Waals surface area contributed by atoms with Crippen LogP contribution in [0.3, 0.4) is 0 Å². The Hall–Kier alpha value is -2.58. The molecular weight excluding hydrogens is 404 g/mol. The number of benzene rings is 1. The minimum Gasteiger partial charge on any atom is -0.286 e. The first-order valence-corrected chi connectivity index (χ1v) is 11.6. The van der Waals surface area contributed by atoms with Crippen molar-refractivity contribution in [1.29, 1.82) is 0 Å². The van der Waals surface area contributed by atoms with Crippen molar-refractivity contribution in [3.63, 3.8) is 0 Å². The zero-order valence-electron chi connectivity index (χ0n) is 17.5. The van der Waals surface area contributed by atoms with Gasteiger partial charge in [0.2, 0.25) is 5.69 Å². The third kappa shape index (κ3) is 4.76. The molecule has 0 saturated heterocycles. The van der Waals surface area contributed by atoms with E-state index >= 15 is 0 Å². The van der Waals surface area contributed by atoms with E-state index < -0.39 is 10.1 Å². The van der Waals surface area contributed by atoms with Crippen molar-refractivity contribution in [3.05, 3.63) is 52.6 Å². The maximum absolute atomic E-state index is 12.6. The molecule has 0 fully saturated rings. The lowest BCUT2D eigenvalue weighted by Gasteiger charge is -2.16. The monoisotopic (exact) mass is 431 g/mol. The third-order valence-corrected chi connectivity index (χ3v) is 6.17. The van der Waals surface area contributed by atoms with Crippen LogP contribution in [0, 0.1) is 6.92 Å². The summed E-state index contributed by atoms with van der Waals surface area (Å²) in [4.78, 5) is 26.6. The van der Waals surface area contributed by atoms with Crippen LogP contribution >= 0.6 is 0 Å². The highest BCUT2D eigenvalue weighted by atomic mass is 32.2. The van der Waals surface area contributed by atoms with Crippen LogP contribution in [0.25, 0.3) is 0 Å². The van der Waals surface area contributed by atoms with Gasteiger partial charge in [0.05, 0.1) is 12.3 Å². The topological polar surface area (TPSA) is 94.8 Å². The van der Waals surface area contributed by atoms with Crippen LogP contribution in [-0.4, -0.2) is 52.3 Å². The van der Waals surface area contributed by atoms with Crippen molar-refractivity contribution in [3.8, 4) is 0 Å². The summed E-state index contributed by atoms with van der Waals surface area (Å²) in [6.45, 7) is 6.49. The lowest BCUT2D eigenvalue weighted by molar-refractivity contribution is -0.442. The van der Waals surface area contributed by atoms with Crippen molar-refractivity contribution in [2.24, 2.45) is 0 Å². The molecule has 1 N–H and O–H groups in total. The molecule has 1 aliphatic heterocycles. The SMILES string of the molecule is CC(C)=[N+](CCCS(=O)(=O)O)c1ccc(CN2C(=O)C3=C(CCC=C3)C2=O)cc1C. The van der Waals surface area contributed by atoms with Crippen LogP contribution in [0.1, 0.15) is 44.2 Å². The summed E-state index contributed by atoms with van der Waals surface area (Å²) in [6.07, 6.45) is 5.35. The van der Waals surface area contributed by atoms with Gasteiger partial charge in [-0.3, -0.25) is 19.0 Å². The Bertz CT molecular complexity index is 1090. The van der Waals surface area contributed by atoms with E-state index in [2.05, 4.69) is 0 Å². The number of hydrogen-bond acceptors (Lipinski definition) is 4. The summed E-state index contributed by atoms with van der Waals surface area (Å²) in [5.41, 5.74) is 4.85. The molecule has 1 aliphatic carbocycles. The van der Waals surface area contributed by atoms with Crippen LogP contribution in [0.15, 0.2) is 41.5 Å². The molecule has 1 heterocycles. The highest BCUT2D eigenvalue weighted by Gasteiger charge is 2.37. The summed E-state index contributed by atoms with van der Waals surface area (Å²) in [7, 11) is -3.99. The predicted octanol–water partition coefficient (Wildman–Crippen LogP) is 2.91. The molecule has 1 aromatic rings. The van der Waals surface area contributed by atoms with Gasteiger partial charge in [0.1, 0.15) is 6.54 Å². The van der Waals surface area contributed by atoms with E-state index in [0.29, 0.717) is 30.5 Å². The fourth-order valence-electron chi connectivity index (χ4n) is 3.92. The molecule has 160 valence electrons. The van der Waals surface area contributed by atoms with Crippen molar-refractivity contribution in [1.82, 2.24) is 4.90 Å². The van der Waals surface area contributed by atoms with Gasteiger partial charge in [-0.25, -0.2) is 4.58 Å². The summed E-state index contributed by atoms with van der Waals surface area (Å²) < 4.78 is 33.0. The molecule has 7 nitrogen and oxygen atoms in total. The van der Waals surface area contributed by atoms with E-state index in [9.17, 15) is 18.0 Å². The molecule has 2 aliphatic rings. The first kappa shape index (κ1) is 22.1. The number of hydrogen-bond donors (Lipinski definition) is 1. The van der Waals surface area contributed by atoms with Crippen LogP contribution < -0.4 is 0 Å². The van der Waals surface area contributed by atoms with Crippen LogP contribution in [0.2, 0.25) is 0 Å². The third-order valence-electron chi connectivity index (χ3n) is 5.37. The second-order valence-corrected chi connectivity index (χ2v) is 9.46. The summed E-state index contributed by atoms with van der Waals surface area (Å²) >= 11 is 0. The van der Waals surface area contributed by atoms with E-state index in [1.165, 1.54) is 4.90 Å². The van der Waals surface area contributed by atoms with Crippen molar-refractivity contribution >= 4 is 33.3 Å². The Morgan fingerprint density at radius 1 is 1.20 bits per heavy atom. The fourth-order valence-corrected chi connectivity index (χ4v) is 4.42. The van der Waals surface area contributed by atoms with Gasteiger partial charge in [0, 0.05) is 43.0 Å². The zero-order valence-corrected chi connectivity index (χ0v) is 18.3. The van der Waals surface area contributed by atoms with Crippen molar-refractivity contribution in [2.75, 3.05) is 12.3 Å². The number of imide groups is 1. The van der Waals surface area contributed by atoms with E-state index in [4.69, 9.17) is 4.55 Å². The molecule has 0 saturated carbocycles. The quantitative estimate of drug-likeness (QED) is 0.310. The number of aryl methyl sites for hydroxylation is 1. The molecular formula is C22H27N2O5S+. The normalized spacial score (nSPS) is 16.3. The van der Waals surface area contributed by atoms with Gasteiger partial charge in [-0.05, 0) is 31.4 Å². The minimum absolute atomic E-state index is 0.203. The van der Waals surface area contributed by atoms with E-state index in [-0.39, 0.29) is 24.1 Å². The second-order valence-electron chi connectivity index (χ2n) is 7.89. The number of allylic oxidation sites excluding steroid dienone is 1. The smallest absolute Gasteiger partial charge is 0.265 e. The van der Waals surface area contributed by atoms with Gasteiger partial charge in [-0.2, -0.15) is 8.42 Å². The lowest BCUT2D eigenvalue weighted by Crippen LogP contribution is -2.31. The Morgan fingerprint density at radius 3 is 2.53 bits per heavy atom. The first-order chi connectivity index (χ1) is 14.1. The Balaban J connectivity index is 1.77. The summed E-state index contributed by atoms with van der Waals surface area (Å²) in [5.74, 6) is -0.734. The Labute approximate surface area is 177 Å². The molecule has 1 aromatic carbocycles. The van der Waals surface area contributed by atoms with Crippen molar-refractivity contribution in [2.45, 2.75) is 46.6 Å². The maximum Gasteiger partial charge on any atom is 0.265 e. The summed E-state index contributed by atoms with van der Waals surface area (Å²) in [5, 5.41) is 0. The van der Waals surface area contributed by atoms with E-state index in [1.54, 1.807) is 6.08 Å². The number of amides is 2. The zero-order chi connectivity index (χ0) is 22.1. The highest BCUT2D eigenvalue weighted by Crippen LogP contribution is 2.30. The van der Waals surface area contributed by atoms with Crippen LogP contribution in [-0.2, 0) is 26.3 Å². The van der Waals surface area contributed by atoms with Gasteiger partial charge in [0.25, 0.3) is 21.9 Å². The molecule has 30 heavy (non-hydrogen) atoms. The number of nitrogens with zero attached hydrogens (tertiary/aromatic N) is 2. The molecule has 8 heteroatoms. The molecule has 0 radical (unpaired) electrons. The second kappa shape index (κ2) is 8.65. The number of carbonyl (C=O) groups is 2. The molecule has 0 atom stereocenters. The van der Waals surface area contributed by atoms with E-state index in [0.717, 1.165) is 28.9 Å². The van der Waals surface area contributed by atoms with Crippen LogP contribution in [0.4, 0.5) is 5.69 Å². The standard InChI is InChI=1S/C22H26N2O5S/c1-15(2)23(11-6-12-30(27,28)29)20-10-9-17(13-16(20)3)14-24-21(25)18-7-4-5-8-19(18)22(24)26/h4,7,9-10,13H,5-6,8,11-12,14H2,1-3H3/p+1. The Morgan fingerprint density at radius 2 is 1.93 bits per heavy atom. The number of rotatable bonds is 7. The lowest BCUT2D eigenvalue weighted by atomic mass is 10.00. The molecule has 0 unspecified atom stereocenters. The largest absolute Gasteiger partial charge is 0.286 e. The maximum atomic E-state index is 12.6. The molecule has 3 rings (SSSR count). The molecule has 0 spiro atoms. The van der Waals surface area contributed by atoms with Gasteiger partial charge < -0.3 is 0 Å². The molecule has 0 aromatic heterocycles. The molecule has 2 amide bonds. The Kier molecular flexibility index (Phi) is 6.38. The highest BCUT2D eigenvalue weighted by molar-refractivity contribution is 7.85. The summed E-state index contributed by atoms with van der Waals surface area (Å²) in [6, 6.07) is 5.75. The first-order valence-electron chi connectivity index (χ1n) is 9.97. The average Bonchev–Trinajstić information content (AvgIpc) is 2.90. The fraction of sp³-hybridized carbons (Fsp3) is 0.409.